The summed E-state index contributed by atoms with van der Waals surface area (Å²) in [7, 11) is 1.64. The van der Waals surface area contributed by atoms with Crippen LogP contribution in [0.25, 0.3) is 0 Å². The molecule has 6 heteroatoms. The van der Waals surface area contributed by atoms with Crippen LogP contribution in [0.15, 0.2) is 101 Å². The van der Waals surface area contributed by atoms with Crippen molar-refractivity contribution in [1.82, 2.24) is 5.32 Å². The first-order valence-electron chi connectivity index (χ1n) is 13.3. The van der Waals surface area contributed by atoms with Crippen LogP contribution in [0.4, 0.5) is 0 Å². The highest BCUT2D eigenvalue weighted by atomic mass is 16.5. The van der Waals surface area contributed by atoms with E-state index in [1.807, 2.05) is 85.8 Å². The van der Waals surface area contributed by atoms with Gasteiger partial charge < -0.3 is 19.5 Å². The van der Waals surface area contributed by atoms with Crippen LogP contribution in [0.2, 0.25) is 0 Å². The number of dihydropyridines is 1. The van der Waals surface area contributed by atoms with Crippen molar-refractivity contribution in [2.45, 2.75) is 45.1 Å². The molecule has 0 aromatic heterocycles. The standard InChI is InChI=1S/C33H33NO5/c1-4-38-33(36)30-21(2)34-27-18-24(23-14-16-25(37-3)17-15-23)19-28(35)32(27)31(30)26-12-8-9-13-29(26)39-20-22-10-6-5-7-11-22/h5-17,24,31,34H,4,18-20H2,1-3H3/t24-,31+/m0/s1. The second-order valence-electron chi connectivity index (χ2n) is 9.82. The van der Waals surface area contributed by atoms with Crippen LogP contribution in [0.5, 0.6) is 11.5 Å². The molecule has 1 aliphatic heterocycles. The zero-order valence-corrected chi connectivity index (χ0v) is 22.5. The van der Waals surface area contributed by atoms with Crippen molar-refractivity contribution >= 4 is 11.8 Å². The highest BCUT2D eigenvalue weighted by molar-refractivity contribution is 6.04. The second kappa shape index (κ2) is 11.6. The van der Waals surface area contributed by atoms with Crippen molar-refractivity contribution in [3.8, 4) is 11.5 Å². The molecule has 3 aromatic carbocycles. The number of carbonyl (C=O) groups is 2. The van der Waals surface area contributed by atoms with Crippen LogP contribution in [-0.2, 0) is 20.9 Å². The lowest BCUT2D eigenvalue weighted by molar-refractivity contribution is -0.138. The summed E-state index contributed by atoms with van der Waals surface area (Å²) in [6, 6.07) is 25.5. The molecule has 0 amide bonds. The number of methoxy groups -OCH3 is 1. The van der Waals surface area contributed by atoms with Crippen LogP contribution in [0, 0.1) is 0 Å². The number of rotatable bonds is 8. The minimum absolute atomic E-state index is 0.0155. The Kier molecular flexibility index (Phi) is 7.82. The fourth-order valence-electron chi connectivity index (χ4n) is 5.53. The topological polar surface area (TPSA) is 73.9 Å². The third-order valence-electron chi connectivity index (χ3n) is 7.38. The number of ether oxygens (including phenoxy) is 3. The summed E-state index contributed by atoms with van der Waals surface area (Å²) >= 11 is 0. The van der Waals surface area contributed by atoms with Crippen LogP contribution >= 0.6 is 0 Å². The molecule has 5 rings (SSSR count). The van der Waals surface area contributed by atoms with E-state index >= 15 is 0 Å². The van der Waals surface area contributed by atoms with Crippen molar-refractivity contribution in [3.05, 3.63) is 118 Å². The highest BCUT2D eigenvalue weighted by Gasteiger charge is 2.42. The largest absolute Gasteiger partial charge is 0.497 e. The Hall–Kier alpha value is -4.32. The highest BCUT2D eigenvalue weighted by Crippen LogP contribution is 2.47. The molecule has 1 aliphatic carbocycles. The van der Waals surface area contributed by atoms with Crippen LogP contribution < -0.4 is 14.8 Å². The summed E-state index contributed by atoms with van der Waals surface area (Å²) in [5.74, 6) is 0.443. The minimum Gasteiger partial charge on any atom is -0.497 e. The van der Waals surface area contributed by atoms with E-state index in [1.54, 1.807) is 14.0 Å². The summed E-state index contributed by atoms with van der Waals surface area (Å²) in [5.41, 5.74) is 5.50. The molecule has 6 nitrogen and oxygen atoms in total. The van der Waals surface area contributed by atoms with E-state index in [1.165, 1.54) is 0 Å². The van der Waals surface area contributed by atoms with Crippen molar-refractivity contribution in [3.63, 3.8) is 0 Å². The molecule has 2 atom stereocenters. The number of ketones is 1. The van der Waals surface area contributed by atoms with Gasteiger partial charge in [0.1, 0.15) is 18.1 Å². The van der Waals surface area contributed by atoms with Gasteiger partial charge in [-0.1, -0.05) is 60.7 Å². The Balaban J connectivity index is 1.55. The molecular formula is C33H33NO5. The molecule has 0 unspecified atom stereocenters. The lowest BCUT2D eigenvalue weighted by atomic mass is 9.71. The minimum atomic E-state index is -0.586. The van der Waals surface area contributed by atoms with Gasteiger partial charge in [0.25, 0.3) is 0 Å². The second-order valence-corrected chi connectivity index (χ2v) is 9.82. The number of benzene rings is 3. The Morgan fingerprint density at radius 1 is 0.949 bits per heavy atom. The van der Waals surface area contributed by atoms with E-state index in [-0.39, 0.29) is 18.3 Å². The van der Waals surface area contributed by atoms with Crippen molar-refractivity contribution < 1.29 is 23.8 Å². The molecule has 0 radical (unpaired) electrons. The predicted octanol–water partition coefficient (Wildman–Crippen LogP) is 6.20. The average Bonchev–Trinajstić information content (AvgIpc) is 2.96. The summed E-state index contributed by atoms with van der Waals surface area (Å²) in [5, 5.41) is 3.41. The van der Waals surface area contributed by atoms with Crippen molar-refractivity contribution in [1.29, 1.82) is 0 Å². The molecule has 200 valence electrons. The van der Waals surface area contributed by atoms with E-state index in [4.69, 9.17) is 14.2 Å². The maximum absolute atomic E-state index is 13.9. The van der Waals surface area contributed by atoms with Gasteiger partial charge in [0, 0.05) is 29.0 Å². The number of hydrogen-bond acceptors (Lipinski definition) is 6. The number of Topliss-reactive ketones (excluding diaryl/α,β-unsaturated/α-hetero) is 1. The zero-order valence-electron chi connectivity index (χ0n) is 22.5. The number of esters is 1. The normalized spacial score (nSPS) is 18.8. The first-order valence-corrected chi connectivity index (χ1v) is 13.3. The van der Waals surface area contributed by atoms with E-state index in [0.717, 1.165) is 28.1 Å². The molecular weight excluding hydrogens is 490 g/mol. The van der Waals surface area contributed by atoms with Gasteiger partial charge in [-0.25, -0.2) is 4.79 Å². The van der Waals surface area contributed by atoms with Gasteiger partial charge in [-0.05, 0) is 55.5 Å². The maximum atomic E-state index is 13.9. The molecule has 0 spiro atoms. The molecule has 0 fully saturated rings. The Morgan fingerprint density at radius 2 is 1.67 bits per heavy atom. The molecule has 2 aliphatic rings. The monoisotopic (exact) mass is 523 g/mol. The first-order chi connectivity index (χ1) is 19.0. The molecule has 39 heavy (non-hydrogen) atoms. The van der Waals surface area contributed by atoms with Crippen molar-refractivity contribution in [2.24, 2.45) is 0 Å². The van der Waals surface area contributed by atoms with Crippen LogP contribution in [0.3, 0.4) is 0 Å². The first kappa shape index (κ1) is 26.3. The Labute approximate surface area is 229 Å². The van der Waals surface area contributed by atoms with Crippen LogP contribution in [0.1, 0.15) is 55.2 Å². The lowest BCUT2D eigenvalue weighted by Crippen LogP contribution is -2.36. The van der Waals surface area contributed by atoms with Gasteiger partial charge in [0.05, 0.1) is 25.2 Å². The van der Waals surface area contributed by atoms with Gasteiger partial charge in [-0.15, -0.1) is 0 Å². The smallest absolute Gasteiger partial charge is 0.336 e. The summed E-state index contributed by atoms with van der Waals surface area (Å²) in [6.45, 7) is 4.28. The number of para-hydroxylation sites is 1. The van der Waals surface area contributed by atoms with Gasteiger partial charge in [-0.3, -0.25) is 4.79 Å². The molecule has 3 aromatic rings. The third-order valence-corrected chi connectivity index (χ3v) is 7.38. The van der Waals surface area contributed by atoms with Gasteiger partial charge >= 0.3 is 5.97 Å². The Bertz CT molecular complexity index is 1420. The fraction of sp³-hybridized carbons (Fsp3) is 0.273. The van der Waals surface area contributed by atoms with Crippen LogP contribution in [-0.4, -0.2) is 25.5 Å². The van der Waals surface area contributed by atoms with E-state index in [9.17, 15) is 9.59 Å². The SMILES string of the molecule is CCOC(=O)C1=C(C)NC2=C(C(=O)C[C@@H](c3ccc(OC)cc3)C2)[C@@H]1c1ccccc1OCc1ccccc1. The van der Waals surface area contributed by atoms with Gasteiger partial charge in [0.15, 0.2) is 5.78 Å². The van der Waals surface area contributed by atoms with E-state index < -0.39 is 11.9 Å². The maximum Gasteiger partial charge on any atom is 0.336 e. The zero-order chi connectivity index (χ0) is 27.4. The van der Waals surface area contributed by atoms with E-state index in [2.05, 4.69) is 5.32 Å². The number of allylic oxidation sites excluding steroid dienone is 3. The van der Waals surface area contributed by atoms with Gasteiger partial charge in [0.2, 0.25) is 0 Å². The van der Waals surface area contributed by atoms with E-state index in [0.29, 0.717) is 42.0 Å². The van der Waals surface area contributed by atoms with Crippen molar-refractivity contribution in [2.75, 3.05) is 13.7 Å². The van der Waals surface area contributed by atoms with Gasteiger partial charge in [-0.2, -0.15) is 0 Å². The molecule has 0 saturated heterocycles. The Morgan fingerprint density at radius 3 is 2.38 bits per heavy atom. The summed E-state index contributed by atoms with van der Waals surface area (Å²) in [6.07, 6.45) is 1.01. The summed E-state index contributed by atoms with van der Waals surface area (Å²) in [4.78, 5) is 27.2. The third kappa shape index (κ3) is 5.46. The number of nitrogens with one attached hydrogen (secondary N) is 1. The number of hydrogen-bond donors (Lipinski definition) is 1. The predicted molar refractivity (Wildman–Crippen MR) is 149 cm³/mol. The summed E-state index contributed by atoms with van der Waals surface area (Å²) < 4.78 is 17.1. The molecule has 1 N–H and O–H groups in total. The molecule has 0 saturated carbocycles. The fourth-order valence-corrected chi connectivity index (χ4v) is 5.53. The molecule has 1 heterocycles. The quantitative estimate of drug-likeness (QED) is 0.355. The number of carbonyl (C=O) groups excluding carboxylic acids is 2. The molecule has 0 bridgehead atoms. The average molecular weight is 524 g/mol. The lowest BCUT2D eigenvalue weighted by Gasteiger charge is -2.37.